The van der Waals surface area contributed by atoms with Gasteiger partial charge in [-0.2, -0.15) is 0 Å². The number of piperidine rings is 1. The summed E-state index contributed by atoms with van der Waals surface area (Å²) in [5.74, 6) is 0.789. The maximum atomic E-state index is 11.3. The van der Waals surface area contributed by atoms with E-state index in [0.717, 1.165) is 43.1 Å². The molecule has 1 aliphatic rings. The Labute approximate surface area is 128 Å². The maximum Gasteiger partial charge on any atom is 0.292 e. The number of anilines is 1. The molecule has 0 amide bonds. The first kappa shape index (κ1) is 15.3. The van der Waals surface area contributed by atoms with Gasteiger partial charge >= 0.3 is 0 Å². The van der Waals surface area contributed by atoms with Gasteiger partial charge in [-0.25, -0.2) is 0 Å². The Bertz CT molecular complexity index is 471. The lowest BCUT2D eigenvalue weighted by Crippen LogP contribution is -2.34. The molecule has 0 bridgehead atoms. The van der Waals surface area contributed by atoms with Gasteiger partial charge in [0.2, 0.25) is 0 Å². The second-order valence-corrected chi connectivity index (χ2v) is 5.99. The fourth-order valence-electron chi connectivity index (χ4n) is 2.94. The minimum absolute atomic E-state index is 0.232. The van der Waals surface area contributed by atoms with Crippen molar-refractivity contribution < 1.29 is 4.92 Å². The van der Waals surface area contributed by atoms with Gasteiger partial charge in [-0.15, -0.1) is 0 Å². The molecule has 110 valence electrons. The van der Waals surface area contributed by atoms with Crippen LogP contribution in [0.4, 0.5) is 11.4 Å². The molecule has 1 heterocycles. The average Bonchev–Trinajstić information content (AvgIpc) is 2.48. The van der Waals surface area contributed by atoms with Gasteiger partial charge in [0.15, 0.2) is 0 Å². The van der Waals surface area contributed by atoms with Gasteiger partial charge in [-0.1, -0.05) is 41.8 Å². The van der Waals surface area contributed by atoms with E-state index in [0.29, 0.717) is 5.33 Å². The third kappa shape index (κ3) is 3.51. The molecular weight excluding hydrogens is 320 g/mol. The summed E-state index contributed by atoms with van der Waals surface area (Å²) in [4.78, 5) is 13.2. The van der Waals surface area contributed by atoms with Crippen molar-refractivity contribution in [1.29, 1.82) is 0 Å². The quantitative estimate of drug-likeness (QED) is 0.450. The van der Waals surface area contributed by atoms with E-state index in [-0.39, 0.29) is 10.6 Å². The van der Waals surface area contributed by atoms with Gasteiger partial charge in [-0.3, -0.25) is 10.1 Å². The molecule has 20 heavy (non-hydrogen) atoms. The lowest BCUT2D eigenvalue weighted by molar-refractivity contribution is -0.384. The van der Waals surface area contributed by atoms with Crippen LogP contribution < -0.4 is 4.90 Å². The number of halogens is 1. The first-order valence-electron chi connectivity index (χ1n) is 7.24. The van der Waals surface area contributed by atoms with Crippen LogP contribution in [0.25, 0.3) is 0 Å². The minimum Gasteiger partial charge on any atom is -0.366 e. The van der Waals surface area contributed by atoms with Crippen LogP contribution >= 0.6 is 15.9 Å². The van der Waals surface area contributed by atoms with E-state index in [1.165, 1.54) is 12.8 Å². The number of hydrogen-bond acceptors (Lipinski definition) is 3. The van der Waals surface area contributed by atoms with Crippen molar-refractivity contribution >= 4 is 27.3 Å². The summed E-state index contributed by atoms with van der Waals surface area (Å²) < 4.78 is 0. The van der Waals surface area contributed by atoms with Crippen molar-refractivity contribution in [2.45, 2.75) is 37.9 Å². The number of rotatable bonds is 5. The highest BCUT2D eigenvalue weighted by Gasteiger charge is 2.24. The second-order valence-electron chi connectivity index (χ2n) is 5.43. The molecule has 0 atom stereocenters. The van der Waals surface area contributed by atoms with Crippen LogP contribution in [0.3, 0.4) is 0 Å². The van der Waals surface area contributed by atoms with Crippen molar-refractivity contribution in [2.75, 3.05) is 18.0 Å². The Hall–Kier alpha value is -1.10. The van der Waals surface area contributed by atoms with E-state index in [9.17, 15) is 10.1 Å². The molecule has 2 rings (SSSR count). The summed E-state index contributed by atoms with van der Waals surface area (Å²) in [5, 5.41) is 11.9. The van der Waals surface area contributed by atoms with Gasteiger partial charge in [0.1, 0.15) is 5.69 Å². The summed E-state index contributed by atoms with van der Waals surface area (Å²) in [6.45, 7) is 4.08. The van der Waals surface area contributed by atoms with Crippen molar-refractivity contribution in [1.82, 2.24) is 0 Å². The monoisotopic (exact) mass is 340 g/mol. The molecule has 0 unspecified atom stereocenters. The van der Waals surface area contributed by atoms with Crippen LogP contribution in [0, 0.1) is 16.0 Å². The largest absolute Gasteiger partial charge is 0.366 e. The van der Waals surface area contributed by atoms with Gasteiger partial charge in [0, 0.05) is 24.5 Å². The van der Waals surface area contributed by atoms with E-state index in [2.05, 4.69) is 27.8 Å². The van der Waals surface area contributed by atoms with Crippen molar-refractivity contribution in [3.8, 4) is 0 Å². The fraction of sp³-hybridized carbons (Fsp3) is 0.600. The lowest BCUT2D eigenvalue weighted by Gasteiger charge is -2.33. The molecule has 5 heteroatoms. The topological polar surface area (TPSA) is 46.4 Å². The Morgan fingerprint density at radius 1 is 1.40 bits per heavy atom. The van der Waals surface area contributed by atoms with E-state index >= 15 is 0 Å². The Kier molecular flexibility index (Phi) is 5.40. The van der Waals surface area contributed by atoms with Crippen LogP contribution in [-0.2, 0) is 5.33 Å². The summed E-state index contributed by atoms with van der Waals surface area (Å²) in [6.07, 6.45) is 4.79. The first-order chi connectivity index (χ1) is 9.65. The molecule has 0 spiro atoms. The number of nitrogens with zero attached hydrogens (tertiary/aromatic N) is 2. The highest BCUT2D eigenvalue weighted by atomic mass is 79.9. The maximum absolute atomic E-state index is 11.3. The third-order valence-corrected chi connectivity index (χ3v) is 4.69. The van der Waals surface area contributed by atoms with Crippen LogP contribution in [0.1, 0.15) is 38.2 Å². The first-order valence-corrected chi connectivity index (χ1v) is 8.36. The highest BCUT2D eigenvalue weighted by molar-refractivity contribution is 9.08. The van der Waals surface area contributed by atoms with Crippen LogP contribution in [0.2, 0.25) is 0 Å². The SMILES string of the molecule is CCCC1CCN(c2ccc(CBr)cc2[N+](=O)[O-])CC1. The van der Waals surface area contributed by atoms with E-state index in [4.69, 9.17) is 0 Å². The summed E-state index contributed by atoms with van der Waals surface area (Å²) in [6, 6.07) is 5.55. The third-order valence-electron chi connectivity index (χ3n) is 4.04. The summed E-state index contributed by atoms with van der Waals surface area (Å²) in [5.41, 5.74) is 1.95. The van der Waals surface area contributed by atoms with Crippen molar-refractivity contribution in [2.24, 2.45) is 5.92 Å². The molecular formula is C15H21BrN2O2. The van der Waals surface area contributed by atoms with Gasteiger partial charge in [-0.05, 0) is 30.4 Å². The second kappa shape index (κ2) is 7.07. The smallest absolute Gasteiger partial charge is 0.292 e. The molecule has 0 aromatic heterocycles. The Morgan fingerprint density at radius 3 is 2.65 bits per heavy atom. The number of alkyl halides is 1. The highest BCUT2D eigenvalue weighted by Crippen LogP contribution is 2.33. The normalized spacial score (nSPS) is 16.4. The summed E-state index contributed by atoms with van der Waals surface area (Å²) in [7, 11) is 0. The molecule has 1 aromatic rings. The molecule has 1 aromatic carbocycles. The predicted octanol–water partition coefficient (Wildman–Crippen LogP) is 4.51. The average molecular weight is 341 g/mol. The molecule has 1 aliphatic heterocycles. The van der Waals surface area contributed by atoms with Crippen LogP contribution in [-0.4, -0.2) is 18.0 Å². The standard InChI is InChI=1S/C15H21BrN2O2/c1-2-3-12-6-8-17(9-7-12)14-5-4-13(11-16)10-15(14)18(19)20/h4-5,10,12H,2-3,6-9,11H2,1H3. The number of benzene rings is 1. The zero-order chi connectivity index (χ0) is 14.5. The molecule has 0 saturated carbocycles. The predicted molar refractivity (Wildman–Crippen MR) is 85.6 cm³/mol. The number of nitro benzene ring substituents is 1. The van der Waals surface area contributed by atoms with Crippen LogP contribution in [0.15, 0.2) is 18.2 Å². The Morgan fingerprint density at radius 2 is 2.10 bits per heavy atom. The van der Waals surface area contributed by atoms with Gasteiger partial charge < -0.3 is 4.90 Å². The van der Waals surface area contributed by atoms with Crippen molar-refractivity contribution in [3.63, 3.8) is 0 Å². The summed E-state index contributed by atoms with van der Waals surface area (Å²) >= 11 is 3.35. The molecule has 4 nitrogen and oxygen atoms in total. The molecule has 0 radical (unpaired) electrons. The molecule has 1 saturated heterocycles. The van der Waals surface area contributed by atoms with Crippen LogP contribution in [0.5, 0.6) is 0 Å². The van der Waals surface area contributed by atoms with Crippen molar-refractivity contribution in [3.05, 3.63) is 33.9 Å². The number of nitro groups is 1. The molecule has 0 aliphatic carbocycles. The zero-order valence-corrected chi connectivity index (χ0v) is 13.4. The zero-order valence-electron chi connectivity index (χ0n) is 11.8. The lowest BCUT2D eigenvalue weighted by atomic mass is 9.92. The van der Waals surface area contributed by atoms with Gasteiger partial charge in [0.25, 0.3) is 5.69 Å². The van der Waals surface area contributed by atoms with E-state index < -0.39 is 0 Å². The van der Waals surface area contributed by atoms with Gasteiger partial charge in [0.05, 0.1) is 4.92 Å². The molecule has 0 N–H and O–H groups in total. The minimum atomic E-state index is -0.264. The molecule has 1 fully saturated rings. The van der Waals surface area contributed by atoms with E-state index in [1.807, 2.05) is 12.1 Å². The Balaban J connectivity index is 2.15. The van der Waals surface area contributed by atoms with E-state index in [1.54, 1.807) is 6.07 Å². The number of hydrogen-bond donors (Lipinski definition) is 0. The fourth-order valence-corrected chi connectivity index (χ4v) is 3.29.